The van der Waals surface area contributed by atoms with Gasteiger partial charge in [-0.25, -0.2) is 0 Å². The number of rotatable bonds is 6. The van der Waals surface area contributed by atoms with Gasteiger partial charge in [0.2, 0.25) is 0 Å². The molecule has 0 radical (unpaired) electrons. The first kappa shape index (κ1) is 19.9. The van der Waals surface area contributed by atoms with Crippen LogP contribution in [-0.4, -0.2) is 74.7 Å². The molecule has 1 aliphatic heterocycles. The largest absolute Gasteiger partial charge is 0.357 e. The first-order chi connectivity index (χ1) is 9.17. The summed E-state index contributed by atoms with van der Waals surface area (Å²) in [6, 6.07) is 0.519. The second-order valence-electron chi connectivity index (χ2n) is 5.33. The van der Waals surface area contributed by atoms with Crippen molar-refractivity contribution in [3.8, 4) is 0 Å². The molecule has 1 saturated heterocycles. The van der Waals surface area contributed by atoms with Crippen LogP contribution in [0.25, 0.3) is 0 Å². The Labute approximate surface area is 141 Å². The molecule has 5 nitrogen and oxygen atoms in total. The van der Waals surface area contributed by atoms with Crippen molar-refractivity contribution in [3.63, 3.8) is 0 Å². The summed E-state index contributed by atoms with van der Waals surface area (Å²) < 4.78 is 0. The van der Waals surface area contributed by atoms with E-state index in [-0.39, 0.29) is 24.0 Å². The summed E-state index contributed by atoms with van der Waals surface area (Å²) in [6.45, 7) is 14.0. The van der Waals surface area contributed by atoms with Crippen LogP contribution in [0, 0.1) is 0 Å². The van der Waals surface area contributed by atoms with Gasteiger partial charge in [0.25, 0.3) is 0 Å². The minimum absolute atomic E-state index is 0. The Bertz CT molecular complexity index is 264. The van der Waals surface area contributed by atoms with Crippen LogP contribution in [0.3, 0.4) is 0 Å². The number of likely N-dealkylation sites (N-methyl/N-ethyl adjacent to an activating group) is 1. The van der Waals surface area contributed by atoms with Crippen LogP contribution in [0.1, 0.15) is 27.2 Å². The van der Waals surface area contributed by atoms with Crippen molar-refractivity contribution in [2.75, 3.05) is 52.9 Å². The summed E-state index contributed by atoms with van der Waals surface area (Å²) in [4.78, 5) is 9.61. The van der Waals surface area contributed by atoms with E-state index < -0.39 is 0 Å². The predicted molar refractivity (Wildman–Crippen MR) is 98.2 cm³/mol. The standard InChI is InChI=1S/C14H31N5.HI/c1-5-7-16-14(15-6-2)17-12-13(3)19-10-8-18(4)9-11-19;/h13H,5-12H2,1-4H3,(H2,15,16,17);1H. The Morgan fingerprint density at radius 2 is 1.80 bits per heavy atom. The fourth-order valence-corrected chi connectivity index (χ4v) is 2.19. The Kier molecular flexibility index (Phi) is 11.5. The van der Waals surface area contributed by atoms with Crippen molar-refractivity contribution in [3.05, 3.63) is 0 Å². The molecule has 0 aromatic heterocycles. The molecular weight excluding hydrogens is 365 g/mol. The third-order valence-corrected chi connectivity index (χ3v) is 3.56. The van der Waals surface area contributed by atoms with E-state index in [1.54, 1.807) is 0 Å². The summed E-state index contributed by atoms with van der Waals surface area (Å²) in [6.07, 6.45) is 1.12. The van der Waals surface area contributed by atoms with Crippen LogP contribution in [0.2, 0.25) is 0 Å². The van der Waals surface area contributed by atoms with E-state index in [0.29, 0.717) is 6.04 Å². The van der Waals surface area contributed by atoms with Crippen LogP contribution in [-0.2, 0) is 0 Å². The molecule has 1 aliphatic rings. The zero-order valence-corrected chi connectivity index (χ0v) is 15.8. The van der Waals surface area contributed by atoms with E-state index >= 15 is 0 Å². The van der Waals surface area contributed by atoms with E-state index in [0.717, 1.165) is 45.1 Å². The zero-order chi connectivity index (χ0) is 14.1. The number of hydrogen-bond acceptors (Lipinski definition) is 3. The lowest BCUT2D eigenvalue weighted by atomic mass is 10.2. The molecule has 1 heterocycles. The van der Waals surface area contributed by atoms with Crippen molar-refractivity contribution < 1.29 is 0 Å². The van der Waals surface area contributed by atoms with E-state index in [1.807, 2.05) is 0 Å². The normalized spacial score (nSPS) is 19.3. The van der Waals surface area contributed by atoms with Gasteiger partial charge in [0, 0.05) is 45.3 Å². The molecule has 1 atom stereocenters. The summed E-state index contributed by atoms with van der Waals surface area (Å²) in [5, 5.41) is 6.64. The van der Waals surface area contributed by atoms with Gasteiger partial charge in [-0.1, -0.05) is 6.92 Å². The molecule has 1 fully saturated rings. The number of nitrogens with one attached hydrogen (secondary N) is 2. The van der Waals surface area contributed by atoms with Crippen LogP contribution >= 0.6 is 24.0 Å². The van der Waals surface area contributed by atoms with E-state index in [9.17, 15) is 0 Å². The highest BCUT2D eigenvalue weighted by Crippen LogP contribution is 2.05. The first-order valence-corrected chi connectivity index (χ1v) is 7.62. The maximum Gasteiger partial charge on any atom is 0.191 e. The summed E-state index contributed by atoms with van der Waals surface area (Å²) in [5.41, 5.74) is 0. The minimum atomic E-state index is 0. The van der Waals surface area contributed by atoms with Gasteiger partial charge in [0.1, 0.15) is 0 Å². The van der Waals surface area contributed by atoms with Gasteiger partial charge < -0.3 is 15.5 Å². The molecule has 0 spiro atoms. The summed E-state index contributed by atoms with van der Waals surface area (Å²) in [5.74, 6) is 0.949. The monoisotopic (exact) mass is 397 g/mol. The van der Waals surface area contributed by atoms with Gasteiger partial charge in [-0.05, 0) is 27.3 Å². The van der Waals surface area contributed by atoms with Crippen molar-refractivity contribution >= 4 is 29.9 Å². The van der Waals surface area contributed by atoms with Crippen LogP contribution in [0.15, 0.2) is 4.99 Å². The summed E-state index contributed by atoms with van der Waals surface area (Å²) in [7, 11) is 2.19. The number of hydrogen-bond donors (Lipinski definition) is 2. The van der Waals surface area contributed by atoms with Gasteiger partial charge in [0.05, 0.1) is 6.54 Å². The van der Waals surface area contributed by atoms with Gasteiger partial charge in [-0.2, -0.15) is 0 Å². The molecule has 0 saturated carbocycles. The van der Waals surface area contributed by atoms with Gasteiger partial charge in [0.15, 0.2) is 5.96 Å². The Hall–Kier alpha value is -0.0800. The number of piperazine rings is 1. The SMILES string of the molecule is CCCNC(=NCC(C)N1CCN(C)CC1)NCC.I. The average molecular weight is 397 g/mol. The second kappa shape index (κ2) is 11.6. The quantitative estimate of drug-likeness (QED) is 0.402. The number of aliphatic imine (C=N–C) groups is 1. The molecule has 20 heavy (non-hydrogen) atoms. The van der Waals surface area contributed by atoms with Crippen LogP contribution in [0.4, 0.5) is 0 Å². The molecule has 0 aromatic carbocycles. The molecule has 1 unspecified atom stereocenters. The van der Waals surface area contributed by atoms with Crippen molar-refractivity contribution in [1.82, 2.24) is 20.4 Å². The fourth-order valence-electron chi connectivity index (χ4n) is 2.19. The van der Waals surface area contributed by atoms with Gasteiger partial charge in [-0.15, -0.1) is 24.0 Å². The lowest BCUT2D eigenvalue weighted by Gasteiger charge is -2.35. The number of halogens is 1. The van der Waals surface area contributed by atoms with Gasteiger partial charge >= 0.3 is 0 Å². The molecule has 1 rings (SSSR count). The van der Waals surface area contributed by atoms with Crippen molar-refractivity contribution in [2.24, 2.45) is 4.99 Å². The lowest BCUT2D eigenvalue weighted by molar-refractivity contribution is 0.122. The average Bonchev–Trinajstić information content (AvgIpc) is 2.42. The molecule has 120 valence electrons. The minimum Gasteiger partial charge on any atom is -0.357 e. The Balaban J connectivity index is 0.00000361. The highest BCUT2D eigenvalue weighted by molar-refractivity contribution is 14.0. The zero-order valence-electron chi connectivity index (χ0n) is 13.5. The Morgan fingerprint density at radius 3 is 2.35 bits per heavy atom. The molecule has 0 aromatic rings. The second-order valence-corrected chi connectivity index (χ2v) is 5.33. The maximum atomic E-state index is 4.68. The molecule has 2 N–H and O–H groups in total. The van der Waals surface area contributed by atoms with E-state index in [2.05, 4.69) is 53.2 Å². The van der Waals surface area contributed by atoms with Gasteiger partial charge in [-0.3, -0.25) is 9.89 Å². The highest BCUT2D eigenvalue weighted by atomic mass is 127. The van der Waals surface area contributed by atoms with E-state index in [4.69, 9.17) is 0 Å². The third-order valence-electron chi connectivity index (χ3n) is 3.56. The highest BCUT2D eigenvalue weighted by Gasteiger charge is 2.18. The Morgan fingerprint density at radius 1 is 1.15 bits per heavy atom. The third kappa shape index (κ3) is 7.64. The van der Waals surface area contributed by atoms with E-state index in [1.165, 1.54) is 13.1 Å². The molecule has 0 amide bonds. The fraction of sp³-hybridized carbons (Fsp3) is 0.929. The predicted octanol–water partition coefficient (Wildman–Crippen LogP) is 1.21. The topological polar surface area (TPSA) is 42.9 Å². The summed E-state index contributed by atoms with van der Waals surface area (Å²) >= 11 is 0. The maximum absolute atomic E-state index is 4.68. The van der Waals surface area contributed by atoms with Crippen molar-refractivity contribution in [1.29, 1.82) is 0 Å². The van der Waals surface area contributed by atoms with Crippen molar-refractivity contribution in [2.45, 2.75) is 33.2 Å². The van der Waals surface area contributed by atoms with Crippen LogP contribution < -0.4 is 10.6 Å². The molecule has 0 aliphatic carbocycles. The molecular formula is C14H32IN5. The van der Waals surface area contributed by atoms with Crippen LogP contribution in [0.5, 0.6) is 0 Å². The first-order valence-electron chi connectivity index (χ1n) is 7.62. The molecule has 0 bridgehead atoms. The smallest absolute Gasteiger partial charge is 0.191 e. The lowest BCUT2D eigenvalue weighted by Crippen LogP contribution is -2.49. The molecule has 6 heteroatoms. The number of nitrogens with zero attached hydrogens (tertiary/aromatic N) is 3. The number of guanidine groups is 1.